The summed E-state index contributed by atoms with van der Waals surface area (Å²) in [4.78, 5) is 0. The number of hydrogen-bond acceptors (Lipinski definition) is 2. The van der Waals surface area contributed by atoms with Crippen LogP contribution in [0.2, 0.25) is 0 Å². The second kappa shape index (κ2) is 4.99. The average Bonchev–Trinajstić information content (AvgIpc) is 2.25. The average molecular weight is 211 g/mol. The van der Waals surface area contributed by atoms with E-state index in [9.17, 15) is 0 Å². The van der Waals surface area contributed by atoms with E-state index in [1.807, 2.05) is 19.1 Å². The summed E-state index contributed by atoms with van der Waals surface area (Å²) in [5.41, 5.74) is 3.34. The van der Waals surface area contributed by atoms with Crippen LogP contribution in [0.5, 0.6) is 0 Å². The van der Waals surface area contributed by atoms with Gasteiger partial charge in [0.2, 0.25) is 0 Å². The fourth-order valence-electron chi connectivity index (χ4n) is 1.38. The Morgan fingerprint density at radius 1 is 1.38 bits per heavy atom. The number of hydrogen-bond donors (Lipinski definition) is 1. The molecular formula is C14H13NO. The summed E-state index contributed by atoms with van der Waals surface area (Å²) in [7, 11) is 0. The molecule has 0 atom stereocenters. The maximum atomic E-state index is 8.93. The fraction of sp³-hybridized carbons (Fsp3) is 0.0714. The molecule has 0 aliphatic rings. The predicted molar refractivity (Wildman–Crippen MR) is 65.8 cm³/mol. The third-order valence-electron chi connectivity index (χ3n) is 2.18. The van der Waals surface area contributed by atoms with E-state index in [4.69, 9.17) is 10.4 Å². The molecule has 0 amide bonds. The van der Waals surface area contributed by atoms with E-state index >= 15 is 0 Å². The molecule has 0 unspecified atom stereocenters. The lowest BCUT2D eigenvalue weighted by atomic mass is 9.99. The molecule has 0 saturated heterocycles. The van der Waals surface area contributed by atoms with Crippen molar-refractivity contribution < 1.29 is 5.11 Å². The molecule has 1 rings (SSSR count). The highest BCUT2D eigenvalue weighted by Crippen LogP contribution is 2.19. The van der Waals surface area contributed by atoms with Crippen molar-refractivity contribution in [2.45, 2.75) is 6.92 Å². The van der Waals surface area contributed by atoms with E-state index < -0.39 is 0 Å². The molecule has 16 heavy (non-hydrogen) atoms. The van der Waals surface area contributed by atoms with Gasteiger partial charge in [0, 0.05) is 0 Å². The lowest BCUT2D eigenvalue weighted by Gasteiger charge is -2.05. The van der Waals surface area contributed by atoms with E-state index in [1.54, 1.807) is 12.1 Å². The van der Waals surface area contributed by atoms with Crippen LogP contribution < -0.4 is 0 Å². The van der Waals surface area contributed by atoms with E-state index in [1.165, 1.54) is 6.08 Å². The third-order valence-corrected chi connectivity index (χ3v) is 2.18. The highest BCUT2D eigenvalue weighted by Gasteiger charge is 2.01. The maximum Gasteiger partial charge on any atom is 0.108 e. The Bertz CT molecular complexity index is 504. The first-order chi connectivity index (χ1) is 7.54. The predicted octanol–water partition coefficient (Wildman–Crippen LogP) is 3.51. The summed E-state index contributed by atoms with van der Waals surface area (Å²) in [5, 5.41) is 17.7. The van der Waals surface area contributed by atoms with Crippen LogP contribution in [0.15, 0.2) is 49.3 Å². The highest BCUT2D eigenvalue weighted by atomic mass is 16.3. The summed E-state index contributed by atoms with van der Waals surface area (Å²) in [6.07, 6.45) is 3.18. The number of aliphatic hydroxyl groups is 1. The Morgan fingerprint density at radius 3 is 2.56 bits per heavy atom. The smallest absolute Gasteiger partial charge is 0.108 e. The zero-order chi connectivity index (χ0) is 12.1. The lowest BCUT2D eigenvalue weighted by molar-refractivity contribution is 0.435. The van der Waals surface area contributed by atoms with Gasteiger partial charge < -0.3 is 5.11 Å². The minimum atomic E-state index is -0.00699. The lowest BCUT2D eigenvalue weighted by Crippen LogP contribution is -1.87. The molecule has 0 aliphatic carbocycles. The summed E-state index contributed by atoms with van der Waals surface area (Å²) in [6.45, 7) is 9.17. The van der Waals surface area contributed by atoms with Crippen molar-refractivity contribution in [3.63, 3.8) is 0 Å². The van der Waals surface area contributed by atoms with Crippen molar-refractivity contribution in [1.82, 2.24) is 0 Å². The maximum absolute atomic E-state index is 8.93. The largest absolute Gasteiger partial charge is 0.509 e. The number of nitriles is 1. The second-order valence-corrected chi connectivity index (χ2v) is 3.49. The molecule has 2 heteroatoms. The van der Waals surface area contributed by atoms with Crippen molar-refractivity contribution in [1.29, 1.82) is 5.26 Å². The molecule has 80 valence electrons. The Hall–Kier alpha value is -2.27. The monoisotopic (exact) mass is 211 g/mol. The van der Waals surface area contributed by atoms with Crippen molar-refractivity contribution in [2.75, 3.05) is 0 Å². The van der Waals surface area contributed by atoms with Crippen molar-refractivity contribution >= 4 is 5.57 Å². The van der Waals surface area contributed by atoms with Gasteiger partial charge in [-0.15, -0.1) is 0 Å². The number of aryl methyl sites for hydroxylation is 1. The zero-order valence-corrected chi connectivity index (χ0v) is 9.20. The Kier molecular flexibility index (Phi) is 3.68. The molecule has 0 aromatic heterocycles. The number of benzene rings is 1. The van der Waals surface area contributed by atoms with Crippen molar-refractivity contribution in [3.05, 3.63) is 66.0 Å². The topological polar surface area (TPSA) is 44.0 Å². The van der Waals surface area contributed by atoms with Gasteiger partial charge in [0.1, 0.15) is 5.76 Å². The molecule has 0 heterocycles. The first kappa shape index (κ1) is 11.8. The van der Waals surface area contributed by atoms with Crippen LogP contribution in [0.25, 0.3) is 5.57 Å². The van der Waals surface area contributed by atoms with Gasteiger partial charge in [-0.2, -0.15) is 5.26 Å². The normalized spacial score (nSPS) is 10.0. The summed E-state index contributed by atoms with van der Waals surface area (Å²) >= 11 is 0. The van der Waals surface area contributed by atoms with Crippen LogP contribution in [-0.4, -0.2) is 5.11 Å². The Labute approximate surface area is 95.5 Å². The molecule has 0 radical (unpaired) electrons. The van der Waals surface area contributed by atoms with Gasteiger partial charge in [0.05, 0.1) is 11.6 Å². The van der Waals surface area contributed by atoms with Crippen molar-refractivity contribution in [2.24, 2.45) is 0 Å². The van der Waals surface area contributed by atoms with Crippen LogP contribution in [0.3, 0.4) is 0 Å². The van der Waals surface area contributed by atoms with E-state index in [2.05, 4.69) is 19.2 Å². The van der Waals surface area contributed by atoms with E-state index in [-0.39, 0.29) is 5.76 Å². The van der Waals surface area contributed by atoms with Crippen LogP contribution in [-0.2, 0) is 0 Å². The number of aliphatic hydroxyl groups excluding tert-OH is 1. The molecule has 0 aliphatic heterocycles. The molecule has 0 spiro atoms. The summed E-state index contributed by atoms with van der Waals surface area (Å²) in [6, 6.07) is 7.48. The molecule has 1 aromatic rings. The van der Waals surface area contributed by atoms with Gasteiger partial charge in [-0.05, 0) is 41.8 Å². The Balaban J connectivity index is 3.02. The standard InChI is InChI=1S/C14H13NO/c1-10(4-5-12(3)16)14-7-6-13(9-15)8-11(14)2/h4-8,16H,1,3H2,2H3/b5-4-. The highest BCUT2D eigenvalue weighted by molar-refractivity contribution is 5.74. The molecule has 0 saturated carbocycles. The quantitative estimate of drug-likeness (QED) is 0.614. The first-order valence-corrected chi connectivity index (χ1v) is 4.80. The van der Waals surface area contributed by atoms with Crippen LogP contribution in [0.1, 0.15) is 16.7 Å². The molecule has 2 nitrogen and oxygen atoms in total. The molecule has 1 aromatic carbocycles. The molecule has 0 fully saturated rings. The van der Waals surface area contributed by atoms with Gasteiger partial charge in [-0.1, -0.05) is 25.3 Å². The number of nitrogens with zero attached hydrogens (tertiary/aromatic N) is 1. The molecular weight excluding hydrogens is 198 g/mol. The minimum absolute atomic E-state index is 0.00699. The number of allylic oxidation sites excluding steroid dienone is 3. The zero-order valence-electron chi connectivity index (χ0n) is 9.20. The Morgan fingerprint density at radius 2 is 2.06 bits per heavy atom. The van der Waals surface area contributed by atoms with Crippen LogP contribution >= 0.6 is 0 Å². The van der Waals surface area contributed by atoms with Crippen LogP contribution in [0.4, 0.5) is 0 Å². The van der Waals surface area contributed by atoms with Gasteiger partial charge in [0.25, 0.3) is 0 Å². The fourth-order valence-corrected chi connectivity index (χ4v) is 1.38. The summed E-state index contributed by atoms with van der Waals surface area (Å²) in [5.74, 6) is -0.00699. The van der Waals surface area contributed by atoms with E-state index in [0.717, 1.165) is 16.7 Å². The van der Waals surface area contributed by atoms with Gasteiger partial charge >= 0.3 is 0 Å². The minimum Gasteiger partial charge on any atom is -0.509 e. The van der Waals surface area contributed by atoms with Crippen molar-refractivity contribution in [3.8, 4) is 6.07 Å². The SMILES string of the molecule is C=C(O)/C=C\C(=C)c1ccc(C#N)cc1C. The summed E-state index contributed by atoms with van der Waals surface area (Å²) < 4.78 is 0. The van der Waals surface area contributed by atoms with E-state index in [0.29, 0.717) is 5.56 Å². The van der Waals surface area contributed by atoms with Gasteiger partial charge in [0.15, 0.2) is 0 Å². The van der Waals surface area contributed by atoms with Crippen LogP contribution in [0, 0.1) is 18.3 Å². The van der Waals surface area contributed by atoms with Gasteiger partial charge in [-0.3, -0.25) is 0 Å². The molecule has 1 N–H and O–H groups in total. The van der Waals surface area contributed by atoms with Gasteiger partial charge in [-0.25, -0.2) is 0 Å². The second-order valence-electron chi connectivity index (χ2n) is 3.49. The third kappa shape index (κ3) is 2.86. The number of rotatable bonds is 3. The molecule has 0 bridgehead atoms. The first-order valence-electron chi connectivity index (χ1n) is 4.80.